The minimum atomic E-state index is 0.0212. The number of hydrogen-bond acceptors (Lipinski definition) is 3. The third-order valence-electron chi connectivity index (χ3n) is 3.25. The van der Waals surface area contributed by atoms with Gasteiger partial charge in [-0.1, -0.05) is 25.1 Å². The minimum Gasteiger partial charge on any atom is -0.492 e. The first-order valence-corrected chi connectivity index (χ1v) is 7.32. The minimum absolute atomic E-state index is 0.0212. The van der Waals surface area contributed by atoms with Gasteiger partial charge in [0.2, 0.25) is 5.91 Å². The van der Waals surface area contributed by atoms with E-state index in [9.17, 15) is 4.79 Å². The molecule has 0 heterocycles. The number of nitrogens with one attached hydrogen (secondary N) is 1. The molecule has 0 aliphatic carbocycles. The number of benzene rings is 1. The molecule has 0 aliphatic heterocycles. The Kier molecular flexibility index (Phi) is 7.09. The Balaban J connectivity index is 2.65. The van der Waals surface area contributed by atoms with Crippen LogP contribution in [0.15, 0.2) is 18.2 Å². The number of para-hydroxylation sites is 1. The van der Waals surface area contributed by atoms with Crippen molar-refractivity contribution in [3.05, 3.63) is 29.3 Å². The zero-order valence-corrected chi connectivity index (χ0v) is 12.7. The van der Waals surface area contributed by atoms with Crippen LogP contribution in [0.5, 0.6) is 5.75 Å². The van der Waals surface area contributed by atoms with Crippen molar-refractivity contribution < 1.29 is 9.53 Å². The number of nitrogens with two attached hydrogens (primary N) is 1. The van der Waals surface area contributed by atoms with E-state index in [1.165, 1.54) is 0 Å². The summed E-state index contributed by atoms with van der Waals surface area (Å²) in [7, 11) is 0. The van der Waals surface area contributed by atoms with Crippen molar-refractivity contribution in [2.45, 2.75) is 46.1 Å². The van der Waals surface area contributed by atoms with Crippen LogP contribution >= 0.6 is 0 Å². The van der Waals surface area contributed by atoms with Crippen molar-refractivity contribution >= 4 is 5.91 Å². The largest absolute Gasteiger partial charge is 0.492 e. The molecule has 3 N–H and O–H groups in total. The molecule has 1 rings (SSSR count). The lowest BCUT2D eigenvalue weighted by atomic mass is 10.0. The van der Waals surface area contributed by atoms with E-state index in [1.807, 2.05) is 32.0 Å². The van der Waals surface area contributed by atoms with Crippen LogP contribution in [0.25, 0.3) is 0 Å². The highest BCUT2D eigenvalue weighted by molar-refractivity contribution is 5.75. The lowest BCUT2D eigenvalue weighted by molar-refractivity contribution is -0.121. The Morgan fingerprint density at radius 1 is 1.40 bits per heavy atom. The van der Waals surface area contributed by atoms with Gasteiger partial charge in [0.05, 0.1) is 13.0 Å². The van der Waals surface area contributed by atoms with Gasteiger partial charge in [-0.2, -0.15) is 0 Å². The van der Waals surface area contributed by atoms with E-state index in [0.717, 1.165) is 29.7 Å². The van der Waals surface area contributed by atoms with Gasteiger partial charge >= 0.3 is 0 Å². The molecule has 0 radical (unpaired) electrons. The number of aryl methyl sites for hydroxylation is 1. The molecule has 0 fully saturated rings. The average molecular weight is 278 g/mol. The SMILES string of the molecule is CCNC(=O)CCOc1c(C)cccc1CC(N)CC. The van der Waals surface area contributed by atoms with E-state index in [0.29, 0.717) is 19.6 Å². The van der Waals surface area contributed by atoms with Crippen LogP contribution in [0.1, 0.15) is 37.8 Å². The van der Waals surface area contributed by atoms with E-state index in [1.54, 1.807) is 0 Å². The molecule has 1 aromatic rings. The summed E-state index contributed by atoms with van der Waals surface area (Å²) in [6.45, 7) is 7.05. The summed E-state index contributed by atoms with van der Waals surface area (Å²) in [6.07, 6.45) is 2.11. The number of carbonyl (C=O) groups is 1. The summed E-state index contributed by atoms with van der Waals surface area (Å²) < 4.78 is 5.81. The van der Waals surface area contributed by atoms with Gasteiger partial charge < -0.3 is 15.8 Å². The topological polar surface area (TPSA) is 64.3 Å². The van der Waals surface area contributed by atoms with Crippen LogP contribution in [-0.4, -0.2) is 25.1 Å². The van der Waals surface area contributed by atoms with Crippen molar-refractivity contribution in [2.24, 2.45) is 5.73 Å². The first kappa shape index (κ1) is 16.5. The monoisotopic (exact) mass is 278 g/mol. The fraction of sp³-hybridized carbons (Fsp3) is 0.562. The first-order chi connectivity index (χ1) is 9.58. The summed E-state index contributed by atoms with van der Waals surface area (Å²) in [4.78, 5) is 11.4. The number of carbonyl (C=O) groups excluding carboxylic acids is 1. The molecule has 20 heavy (non-hydrogen) atoms. The third kappa shape index (κ3) is 5.21. The number of hydrogen-bond donors (Lipinski definition) is 2. The van der Waals surface area contributed by atoms with E-state index >= 15 is 0 Å². The van der Waals surface area contributed by atoms with Crippen LogP contribution in [0.3, 0.4) is 0 Å². The Labute approximate surface area is 121 Å². The fourth-order valence-electron chi connectivity index (χ4n) is 2.04. The number of amides is 1. The Bertz CT molecular complexity index is 432. The quantitative estimate of drug-likeness (QED) is 0.766. The summed E-state index contributed by atoms with van der Waals surface area (Å²) >= 11 is 0. The summed E-state index contributed by atoms with van der Waals surface area (Å²) in [5.74, 6) is 0.897. The predicted octanol–water partition coefficient (Wildman–Crippen LogP) is 2.18. The van der Waals surface area contributed by atoms with Crippen LogP contribution in [-0.2, 0) is 11.2 Å². The molecule has 1 amide bonds. The van der Waals surface area contributed by atoms with Crippen molar-refractivity contribution in [3.63, 3.8) is 0 Å². The lowest BCUT2D eigenvalue weighted by Gasteiger charge is -2.16. The van der Waals surface area contributed by atoms with Gasteiger partial charge in [-0.05, 0) is 37.8 Å². The third-order valence-corrected chi connectivity index (χ3v) is 3.25. The highest BCUT2D eigenvalue weighted by atomic mass is 16.5. The molecule has 0 aliphatic rings. The van der Waals surface area contributed by atoms with Gasteiger partial charge in [0.1, 0.15) is 5.75 Å². The van der Waals surface area contributed by atoms with Crippen molar-refractivity contribution in [1.82, 2.24) is 5.32 Å². The van der Waals surface area contributed by atoms with E-state index in [-0.39, 0.29) is 11.9 Å². The van der Waals surface area contributed by atoms with Gasteiger partial charge in [0.15, 0.2) is 0 Å². The maximum atomic E-state index is 11.4. The van der Waals surface area contributed by atoms with Crippen molar-refractivity contribution in [2.75, 3.05) is 13.2 Å². The van der Waals surface area contributed by atoms with Crippen LogP contribution in [0, 0.1) is 6.92 Å². The molecule has 112 valence electrons. The molecular weight excluding hydrogens is 252 g/mol. The highest BCUT2D eigenvalue weighted by Crippen LogP contribution is 2.25. The standard InChI is InChI=1S/C16H26N2O2/c1-4-14(17)11-13-8-6-7-12(3)16(13)20-10-9-15(19)18-5-2/h6-8,14H,4-5,9-11,17H2,1-3H3,(H,18,19). The van der Waals surface area contributed by atoms with Gasteiger partial charge in [0.25, 0.3) is 0 Å². The fourth-order valence-corrected chi connectivity index (χ4v) is 2.04. The number of rotatable bonds is 8. The van der Waals surface area contributed by atoms with Gasteiger partial charge in [-0.15, -0.1) is 0 Å². The molecular formula is C16H26N2O2. The molecule has 1 atom stereocenters. The van der Waals surface area contributed by atoms with E-state index < -0.39 is 0 Å². The first-order valence-electron chi connectivity index (χ1n) is 7.32. The zero-order chi connectivity index (χ0) is 15.0. The van der Waals surface area contributed by atoms with E-state index in [2.05, 4.69) is 12.2 Å². The van der Waals surface area contributed by atoms with Gasteiger partial charge in [-0.3, -0.25) is 4.79 Å². The van der Waals surface area contributed by atoms with Crippen LogP contribution in [0.2, 0.25) is 0 Å². The molecule has 1 unspecified atom stereocenters. The molecule has 0 spiro atoms. The smallest absolute Gasteiger partial charge is 0.223 e. The van der Waals surface area contributed by atoms with Gasteiger partial charge in [0, 0.05) is 12.6 Å². The molecule has 1 aromatic carbocycles. The van der Waals surface area contributed by atoms with Crippen LogP contribution < -0.4 is 15.8 Å². The molecule has 4 nitrogen and oxygen atoms in total. The second-order valence-corrected chi connectivity index (χ2v) is 4.99. The Morgan fingerprint density at radius 2 is 2.15 bits per heavy atom. The number of ether oxygens (including phenoxy) is 1. The second-order valence-electron chi connectivity index (χ2n) is 4.99. The predicted molar refractivity (Wildman–Crippen MR) is 81.9 cm³/mol. The zero-order valence-electron chi connectivity index (χ0n) is 12.7. The van der Waals surface area contributed by atoms with E-state index in [4.69, 9.17) is 10.5 Å². The highest BCUT2D eigenvalue weighted by Gasteiger charge is 2.11. The maximum absolute atomic E-state index is 11.4. The van der Waals surface area contributed by atoms with Crippen LogP contribution in [0.4, 0.5) is 0 Å². The normalized spacial score (nSPS) is 12.0. The van der Waals surface area contributed by atoms with Crippen molar-refractivity contribution in [3.8, 4) is 5.75 Å². The molecule has 0 aromatic heterocycles. The maximum Gasteiger partial charge on any atom is 0.223 e. The molecule has 0 bridgehead atoms. The molecule has 0 saturated carbocycles. The summed E-state index contributed by atoms with van der Waals surface area (Å²) in [6, 6.07) is 6.22. The lowest BCUT2D eigenvalue weighted by Crippen LogP contribution is -2.25. The van der Waals surface area contributed by atoms with Crippen molar-refractivity contribution in [1.29, 1.82) is 0 Å². The Morgan fingerprint density at radius 3 is 2.80 bits per heavy atom. The second kappa shape index (κ2) is 8.59. The van der Waals surface area contributed by atoms with Gasteiger partial charge in [-0.25, -0.2) is 0 Å². The Hall–Kier alpha value is -1.55. The molecule has 0 saturated heterocycles. The summed E-state index contributed by atoms with van der Waals surface area (Å²) in [5, 5.41) is 2.76. The average Bonchev–Trinajstić information content (AvgIpc) is 2.42. The molecule has 4 heteroatoms. The summed E-state index contributed by atoms with van der Waals surface area (Å²) in [5.41, 5.74) is 8.23.